The Hall–Kier alpha value is -0.0400. The van der Waals surface area contributed by atoms with Crippen molar-refractivity contribution in [3.8, 4) is 5.75 Å². The predicted molar refractivity (Wildman–Crippen MR) is 59.1 cm³/mol. The highest BCUT2D eigenvalue weighted by atomic mass is 127. The van der Waals surface area contributed by atoms with Crippen molar-refractivity contribution in [2.75, 3.05) is 0 Å². The third kappa shape index (κ3) is 2.78. The maximum Gasteiger partial charge on any atom is 0.133 e. The van der Waals surface area contributed by atoms with Crippen LogP contribution in [0, 0.1) is 3.57 Å². The molecule has 0 aliphatic heterocycles. The van der Waals surface area contributed by atoms with Gasteiger partial charge in [-0.2, -0.15) is 0 Å². The van der Waals surface area contributed by atoms with E-state index in [0.29, 0.717) is 12.3 Å². The number of aromatic hydroxyl groups is 1. The summed E-state index contributed by atoms with van der Waals surface area (Å²) < 4.78 is 0.843. The molecular formula is C7H10ClIN2O. The summed E-state index contributed by atoms with van der Waals surface area (Å²) in [4.78, 5) is 0. The molecule has 0 aliphatic carbocycles. The van der Waals surface area contributed by atoms with E-state index >= 15 is 0 Å². The molecule has 1 rings (SSSR count). The molecule has 0 amide bonds. The SMILES string of the molecule is Cl.NNCc1cccc(I)c1O. The lowest BCUT2D eigenvalue weighted by atomic mass is 10.2. The molecule has 1 aromatic rings. The molecule has 0 heterocycles. The second-order valence-corrected chi connectivity index (χ2v) is 3.29. The van der Waals surface area contributed by atoms with Gasteiger partial charge >= 0.3 is 0 Å². The summed E-state index contributed by atoms with van der Waals surface area (Å²) in [6, 6.07) is 5.56. The van der Waals surface area contributed by atoms with Crippen LogP contribution >= 0.6 is 35.0 Å². The van der Waals surface area contributed by atoms with Crippen molar-refractivity contribution in [3.05, 3.63) is 27.3 Å². The summed E-state index contributed by atoms with van der Waals surface area (Å²) in [5.41, 5.74) is 3.31. The lowest BCUT2D eigenvalue weighted by molar-refractivity contribution is 0.461. The molecule has 0 fully saturated rings. The van der Waals surface area contributed by atoms with Crippen molar-refractivity contribution in [2.24, 2.45) is 5.84 Å². The molecule has 0 unspecified atom stereocenters. The molecule has 0 atom stereocenters. The normalized spacial score (nSPS) is 9.17. The highest BCUT2D eigenvalue weighted by molar-refractivity contribution is 14.1. The Morgan fingerprint density at radius 2 is 2.17 bits per heavy atom. The highest BCUT2D eigenvalue weighted by Gasteiger charge is 2.01. The topological polar surface area (TPSA) is 58.3 Å². The number of rotatable bonds is 2. The standard InChI is InChI=1S/C7H9IN2O.ClH/c8-6-3-1-2-5(4-10-9)7(6)11;/h1-3,10-11H,4,9H2;1H. The van der Waals surface area contributed by atoms with E-state index in [2.05, 4.69) is 28.0 Å². The summed E-state index contributed by atoms with van der Waals surface area (Å²) in [7, 11) is 0. The number of para-hydroxylation sites is 1. The van der Waals surface area contributed by atoms with Gasteiger partial charge in [0.2, 0.25) is 0 Å². The quantitative estimate of drug-likeness (QED) is 0.439. The van der Waals surface area contributed by atoms with Gasteiger partial charge in [-0.1, -0.05) is 12.1 Å². The van der Waals surface area contributed by atoms with E-state index < -0.39 is 0 Å². The van der Waals surface area contributed by atoms with Gasteiger partial charge in [0.15, 0.2) is 0 Å². The van der Waals surface area contributed by atoms with Gasteiger partial charge in [0.05, 0.1) is 3.57 Å². The molecule has 0 saturated carbocycles. The van der Waals surface area contributed by atoms with E-state index in [1.165, 1.54) is 0 Å². The van der Waals surface area contributed by atoms with E-state index in [4.69, 9.17) is 5.84 Å². The van der Waals surface area contributed by atoms with Crippen LogP contribution in [0.15, 0.2) is 18.2 Å². The molecule has 4 N–H and O–H groups in total. The minimum absolute atomic E-state index is 0. The van der Waals surface area contributed by atoms with Crippen molar-refractivity contribution < 1.29 is 5.11 Å². The summed E-state index contributed by atoms with van der Waals surface area (Å²) in [6.07, 6.45) is 0. The Balaban J connectivity index is 0.00000121. The minimum Gasteiger partial charge on any atom is -0.507 e. The Bertz CT molecular complexity index is 257. The van der Waals surface area contributed by atoms with E-state index in [-0.39, 0.29) is 12.4 Å². The van der Waals surface area contributed by atoms with Gasteiger partial charge in [-0.25, -0.2) is 0 Å². The van der Waals surface area contributed by atoms with Crippen molar-refractivity contribution in [1.82, 2.24) is 5.43 Å². The summed E-state index contributed by atoms with van der Waals surface area (Å²) in [5.74, 6) is 5.43. The minimum atomic E-state index is 0. The lowest BCUT2D eigenvalue weighted by Crippen LogP contribution is -2.20. The molecule has 1 aromatic carbocycles. The van der Waals surface area contributed by atoms with Gasteiger partial charge in [0.25, 0.3) is 0 Å². The van der Waals surface area contributed by atoms with E-state index in [9.17, 15) is 5.11 Å². The third-order valence-corrected chi connectivity index (χ3v) is 2.23. The number of nitrogens with one attached hydrogen (secondary N) is 1. The van der Waals surface area contributed by atoms with Crippen LogP contribution in [0.5, 0.6) is 5.75 Å². The molecule has 3 nitrogen and oxygen atoms in total. The zero-order valence-electron chi connectivity index (χ0n) is 6.25. The third-order valence-electron chi connectivity index (χ3n) is 1.36. The maximum absolute atomic E-state index is 9.43. The van der Waals surface area contributed by atoms with Crippen LogP contribution in [0.3, 0.4) is 0 Å². The van der Waals surface area contributed by atoms with Crippen molar-refractivity contribution in [1.29, 1.82) is 0 Å². The van der Waals surface area contributed by atoms with Gasteiger partial charge in [0.1, 0.15) is 5.75 Å². The highest BCUT2D eigenvalue weighted by Crippen LogP contribution is 2.23. The van der Waals surface area contributed by atoms with Gasteiger partial charge < -0.3 is 5.11 Å². The van der Waals surface area contributed by atoms with Crippen LogP contribution in [-0.2, 0) is 6.54 Å². The second-order valence-electron chi connectivity index (χ2n) is 2.13. The molecule has 0 aliphatic rings. The van der Waals surface area contributed by atoms with Crippen LogP contribution in [0.4, 0.5) is 0 Å². The maximum atomic E-state index is 9.43. The molecule has 0 saturated heterocycles. The van der Waals surface area contributed by atoms with Gasteiger partial charge in [0, 0.05) is 12.1 Å². The van der Waals surface area contributed by atoms with E-state index in [1.807, 2.05) is 18.2 Å². The van der Waals surface area contributed by atoms with Gasteiger partial charge in [-0.15, -0.1) is 12.4 Å². The van der Waals surface area contributed by atoms with Crippen LogP contribution in [0.25, 0.3) is 0 Å². The lowest BCUT2D eigenvalue weighted by Gasteiger charge is -2.03. The fraction of sp³-hybridized carbons (Fsp3) is 0.143. The first-order valence-electron chi connectivity index (χ1n) is 3.15. The van der Waals surface area contributed by atoms with Gasteiger partial charge in [-0.3, -0.25) is 11.3 Å². The predicted octanol–water partition coefficient (Wildman–Crippen LogP) is 1.38. The first kappa shape index (κ1) is 12.0. The molecule has 12 heavy (non-hydrogen) atoms. The number of nitrogens with two attached hydrogens (primary N) is 1. The Labute approximate surface area is 90.9 Å². The Kier molecular flexibility index (Phi) is 5.56. The van der Waals surface area contributed by atoms with Crippen molar-refractivity contribution in [3.63, 3.8) is 0 Å². The molecule has 68 valence electrons. The fourth-order valence-corrected chi connectivity index (χ4v) is 1.37. The van der Waals surface area contributed by atoms with E-state index in [1.54, 1.807) is 0 Å². The molecule has 0 spiro atoms. The molecule has 0 radical (unpaired) electrons. The summed E-state index contributed by atoms with van der Waals surface area (Å²) in [6.45, 7) is 0.489. The average Bonchev–Trinajstić information content (AvgIpc) is 1.99. The number of halogens is 2. The number of hydrogen-bond donors (Lipinski definition) is 3. The number of phenolic OH excluding ortho intramolecular Hbond substituents is 1. The second kappa shape index (κ2) is 5.58. The summed E-state index contributed by atoms with van der Waals surface area (Å²) in [5, 5.41) is 9.43. The van der Waals surface area contributed by atoms with Crippen LogP contribution < -0.4 is 11.3 Å². The number of phenols is 1. The first-order chi connectivity index (χ1) is 5.25. The van der Waals surface area contributed by atoms with Crippen LogP contribution in [0.1, 0.15) is 5.56 Å². The molecule has 5 heteroatoms. The monoisotopic (exact) mass is 300 g/mol. The smallest absolute Gasteiger partial charge is 0.133 e. The van der Waals surface area contributed by atoms with E-state index in [0.717, 1.165) is 9.13 Å². The molecule has 0 aromatic heterocycles. The first-order valence-corrected chi connectivity index (χ1v) is 4.23. The Morgan fingerprint density at radius 3 is 2.75 bits per heavy atom. The fourth-order valence-electron chi connectivity index (χ4n) is 0.813. The van der Waals surface area contributed by atoms with Crippen LogP contribution in [-0.4, -0.2) is 5.11 Å². The number of hydrazine groups is 1. The van der Waals surface area contributed by atoms with Crippen LogP contribution in [0.2, 0.25) is 0 Å². The van der Waals surface area contributed by atoms with Crippen molar-refractivity contribution in [2.45, 2.75) is 6.54 Å². The summed E-state index contributed by atoms with van der Waals surface area (Å²) >= 11 is 2.07. The largest absolute Gasteiger partial charge is 0.507 e. The zero-order chi connectivity index (χ0) is 8.27. The Morgan fingerprint density at radius 1 is 1.50 bits per heavy atom. The molecule has 0 bridgehead atoms. The molecular weight excluding hydrogens is 290 g/mol. The van der Waals surface area contributed by atoms with Crippen molar-refractivity contribution >= 4 is 35.0 Å². The zero-order valence-corrected chi connectivity index (χ0v) is 9.22. The van der Waals surface area contributed by atoms with Gasteiger partial charge in [-0.05, 0) is 28.7 Å². The average molecular weight is 301 g/mol. The number of hydrogen-bond acceptors (Lipinski definition) is 3. The number of benzene rings is 1.